The molecular weight excluding hydrogens is 238 g/mol. The molecule has 0 rings (SSSR count). The molecule has 0 spiro atoms. The topological polar surface area (TPSA) is 127 Å². The lowest BCUT2D eigenvalue weighted by molar-refractivity contribution is 0.119. The monoisotopic (exact) mass is 257 g/mol. The van der Waals surface area contributed by atoms with Gasteiger partial charge < -0.3 is 15.3 Å². The van der Waals surface area contributed by atoms with Gasteiger partial charge in [-0.2, -0.15) is 8.42 Å². The fourth-order valence-electron chi connectivity index (χ4n) is 1.44. The average Bonchev–Trinajstić information content (AvgIpc) is 2.18. The number of rotatable bonds is 8. The first kappa shape index (κ1) is 15.8. The van der Waals surface area contributed by atoms with Crippen molar-refractivity contribution in [3.8, 4) is 0 Å². The predicted octanol–water partition coefficient (Wildman–Crippen LogP) is -1.84. The van der Waals surface area contributed by atoms with Gasteiger partial charge in [0.1, 0.15) is 4.75 Å². The minimum Gasteiger partial charge on any atom is -0.395 e. The van der Waals surface area contributed by atoms with E-state index >= 15 is 0 Å². The summed E-state index contributed by atoms with van der Waals surface area (Å²) in [5, 5.41) is 29.2. The molecule has 8 heteroatoms. The maximum absolute atomic E-state index is 11.2. The SMILES string of the molecule is C[C@H](CCNCO)C(CO)(CO)S(=O)(=O)O. The van der Waals surface area contributed by atoms with Gasteiger partial charge in [-0.25, -0.2) is 0 Å². The van der Waals surface area contributed by atoms with E-state index in [1.165, 1.54) is 6.92 Å². The molecule has 0 aliphatic rings. The van der Waals surface area contributed by atoms with E-state index in [1.54, 1.807) is 0 Å². The first-order valence-electron chi connectivity index (χ1n) is 4.86. The highest BCUT2D eigenvalue weighted by Crippen LogP contribution is 2.27. The zero-order chi connectivity index (χ0) is 12.8. The van der Waals surface area contributed by atoms with E-state index in [9.17, 15) is 8.42 Å². The largest absolute Gasteiger partial charge is 0.395 e. The number of aliphatic hydroxyl groups is 3. The first-order chi connectivity index (χ1) is 7.35. The maximum Gasteiger partial charge on any atom is 0.275 e. The Morgan fingerprint density at radius 3 is 2.06 bits per heavy atom. The quantitative estimate of drug-likeness (QED) is 0.196. The van der Waals surface area contributed by atoms with Crippen LogP contribution in [0.3, 0.4) is 0 Å². The van der Waals surface area contributed by atoms with Gasteiger partial charge in [-0.15, -0.1) is 0 Å². The summed E-state index contributed by atoms with van der Waals surface area (Å²) in [6, 6.07) is 0. The number of aliphatic hydroxyl groups excluding tert-OH is 3. The van der Waals surface area contributed by atoms with Crippen LogP contribution < -0.4 is 5.32 Å². The minimum atomic E-state index is -4.55. The summed E-state index contributed by atoms with van der Waals surface area (Å²) in [7, 11) is -4.55. The second-order valence-corrected chi connectivity index (χ2v) is 5.47. The Hall–Kier alpha value is -0.250. The molecule has 98 valence electrons. The van der Waals surface area contributed by atoms with Crippen molar-refractivity contribution in [2.45, 2.75) is 18.1 Å². The van der Waals surface area contributed by atoms with Gasteiger partial charge in [0.05, 0.1) is 19.9 Å². The molecule has 0 saturated carbocycles. The second kappa shape index (κ2) is 6.48. The molecule has 0 fully saturated rings. The third kappa shape index (κ3) is 3.37. The maximum atomic E-state index is 11.2. The molecule has 7 nitrogen and oxygen atoms in total. The summed E-state index contributed by atoms with van der Waals surface area (Å²) >= 11 is 0. The molecule has 0 radical (unpaired) electrons. The zero-order valence-corrected chi connectivity index (χ0v) is 9.94. The van der Waals surface area contributed by atoms with E-state index in [2.05, 4.69) is 5.32 Å². The van der Waals surface area contributed by atoms with Crippen LogP contribution in [0, 0.1) is 5.92 Å². The molecule has 0 saturated heterocycles. The molecular formula is C8H19NO6S. The fourth-order valence-corrected chi connectivity index (χ4v) is 2.39. The second-order valence-electron chi connectivity index (χ2n) is 3.70. The van der Waals surface area contributed by atoms with Crippen LogP contribution in [0.1, 0.15) is 13.3 Å². The number of nitrogens with one attached hydrogen (secondary N) is 1. The summed E-state index contributed by atoms with van der Waals surface area (Å²) in [5.41, 5.74) is 0. The van der Waals surface area contributed by atoms with Crippen LogP contribution >= 0.6 is 0 Å². The average molecular weight is 257 g/mol. The predicted molar refractivity (Wildman–Crippen MR) is 57.3 cm³/mol. The van der Waals surface area contributed by atoms with E-state index in [0.717, 1.165) is 0 Å². The Bertz CT molecular complexity index is 287. The van der Waals surface area contributed by atoms with Gasteiger partial charge >= 0.3 is 0 Å². The normalized spacial score (nSPS) is 15.1. The minimum absolute atomic E-state index is 0.246. The highest BCUT2D eigenvalue weighted by molar-refractivity contribution is 7.87. The van der Waals surface area contributed by atoms with Gasteiger partial charge in [0.2, 0.25) is 0 Å². The summed E-state index contributed by atoms with van der Waals surface area (Å²) in [5.74, 6) is -0.656. The number of hydrogen-bond acceptors (Lipinski definition) is 6. The van der Waals surface area contributed by atoms with Gasteiger partial charge in [0.15, 0.2) is 0 Å². The van der Waals surface area contributed by atoms with Crippen LogP contribution in [0.2, 0.25) is 0 Å². The van der Waals surface area contributed by atoms with E-state index in [1.807, 2.05) is 0 Å². The zero-order valence-electron chi connectivity index (χ0n) is 9.13. The van der Waals surface area contributed by atoms with Crippen molar-refractivity contribution < 1.29 is 28.3 Å². The van der Waals surface area contributed by atoms with Gasteiger partial charge in [0.25, 0.3) is 10.1 Å². The Labute approximate surface area is 94.9 Å². The highest BCUT2D eigenvalue weighted by atomic mass is 32.2. The van der Waals surface area contributed by atoms with Gasteiger partial charge in [0, 0.05) is 0 Å². The lowest BCUT2D eigenvalue weighted by Gasteiger charge is -2.32. The lowest BCUT2D eigenvalue weighted by atomic mass is 9.91. The molecule has 0 aromatic carbocycles. The van der Waals surface area contributed by atoms with Gasteiger partial charge in [-0.3, -0.25) is 9.87 Å². The van der Waals surface area contributed by atoms with Crippen molar-refractivity contribution >= 4 is 10.1 Å². The Morgan fingerprint density at radius 1 is 1.25 bits per heavy atom. The molecule has 0 unspecified atom stereocenters. The van der Waals surface area contributed by atoms with Gasteiger partial charge in [-0.05, 0) is 18.9 Å². The third-order valence-electron chi connectivity index (χ3n) is 2.81. The van der Waals surface area contributed by atoms with Crippen LogP contribution in [0.5, 0.6) is 0 Å². The summed E-state index contributed by atoms with van der Waals surface area (Å²) in [6.45, 7) is -0.150. The Morgan fingerprint density at radius 2 is 1.75 bits per heavy atom. The molecule has 16 heavy (non-hydrogen) atoms. The molecule has 0 bridgehead atoms. The van der Waals surface area contributed by atoms with E-state index in [-0.39, 0.29) is 13.2 Å². The van der Waals surface area contributed by atoms with Crippen molar-refractivity contribution in [2.24, 2.45) is 5.92 Å². The molecule has 1 atom stereocenters. The highest BCUT2D eigenvalue weighted by Gasteiger charge is 2.46. The fraction of sp³-hybridized carbons (Fsp3) is 1.00. The smallest absolute Gasteiger partial charge is 0.275 e. The molecule has 0 aliphatic heterocycles. The standard InChI is InChI=1S/C8H19NO6S/c1-7(2-3-9-6-12)8(4-10,5-11)16(13,14)15/h7,9-12H,2-6H2,1H3,(H,13,14,15)/t7-/m1/s1. The van der Waals surface area contributed by atoms with Crippen LogP contribution in [-0.2, 0) is 10.1 Å². The first-order valence-corrected chi connectivity index (χ1v) is 6.30. The molecule has 5 N–H and O–H groups in total. The van der Waals surface area contributed by atoms with Crippen molar-refractivity contribution in [1.82, 2.24) is 5.32 Å². The van der Waals surface area contributed by atoms with Crippen LogP contribution in [0.15, 0.2) is 0 Å². The van der Waals surface area contributed by atoms with Crippen molar-refractivity contribution in [3.63, 3.8) is 0 Å². The molecule has 0 aromatic heterocycles. The van der Waals surface area contributed by atoms with Crippen LogP contribution in [0.25, 0.3) is 0 Å². The van der Waals surface area contributed by atoms with E-state index in [4.69, 9.17) is 19.9 Å². The molecule has 0 heterocycles. The lowest BCUT2D eigenvalue weighted by Crippen LogP contribution is -2.51. The van der Waals surface area contributed by atoms with E-state index < -0.39 is 34.0 Å². The van der Waals surface area contributed by atoms with E-state index in [0.29, 0.717) is 6.54 Å². The number of hydrogen-bond donors (Lipinski definition) is 5. The molecule has 0 aliphatic carbocycles. The van der Waals surface area contributed by atoms with Crippen LogP contribution in [-0.4, -0.2) is 59.5 Å². The molecule has 0 aromatic rings. The third-order valence-corrected chi connectivity index (χ3v) is 4.50. The van der Waals surface area contributed by atoms with Crippen LogP contribution in [0.4, 0.5) is 0 Å². The van der Waals surface area contributed by atoms with Crippen molar-refractivity contribution in [1.29, 1.82) is 0 Å². The molecule has 0 amide bonds. The van der Waals surface area contributed by atoms with Crippen molar-refractivity contribution in [3.05, 3.63) is 0 Å². The summed E-state index contributed by atoms with van der Waals surface area (Å²) in [6.07, 6.45) is 0.279. The van der Waals surface area contributed by atoms with Crippen molar-refractivity contribution in [2.75, 3.05) is 26.5 Å². The Kier molecular flexibility index (Phi) is 6.38. The summed E-state index contributed by atoms with van der Waals surface area (Å²) in [4.78, 5) is 0. The van der Waals surface area contributed by atoms with Gasteiger partial charge in [-0.1, -0.05) is 6.92 Å². The Balaban J connectivity index is 4.78. The summed E-state index contributed by atoms with van der Waals surface area (Å²) < 4.78 is 29.4.